The van der Waals surface area contributed by atoms with Crippen LogP contribution in [0.4, 0.5) is 14.5 Å². The van der Waals surface area contributed by atoms with Gasteiger partial charge in [-0.25, -0.2) is 8.78 Å². The molecule has 0 radical (unpaired) electrons. The molecule has 0 saturated heterocycles. The van der Waals surface area contributed by atoms with Crippen LogP contribution in [0, 0.1) is 11.6 Å². The number of hydrogen-bond acceptors (Lipinski definition) is 2. The van der Waals surface area contributed by atoms with Crippen molar-refractivity contribution in [3.8, 4) is 0 Å². The number of anilines is 1. The highest BCUT2D eigenvalue weighted by Crippen LogP contribution is 2.12. The van der Waals surface area contributed by atoms with Crippen molar-refractivity contribution in [3.05, 3.63) is 65.7 Å². The molecule has 120 valence electrons. The topological polar surface area (TPSA) is 58.2 Å². The first kappa shape index (κ1) is 16.6. The van der Waals surface area contributed by atoms with Crippen LogP contribution >= 0.6 is 0 Å². The van der Waals surface area contributed by atoms with E-state index in [0.29, 0.717) is 6.42 Å². The zero-order valence-electron chi connectivity index (χ0n) is 12.3. The second-order valence-corrected chi connectivity index (χ2v) is 4.94. The van der Waals surface area contributed by atoms with Crippen molar-refractivity contribution in [2.45, 2.75) is 12.8 Å². The van der Waals surface area contributed by atoms with E-state index in [1.54, 1.807) is 0 Å². The van der Waals surface area contributed by atoms with E-state index in [9.17, 15) is 18.4 Å². The van der Waals surface area contributed by atoms with E-state index < -0.39 is 17.5 Å². The highest BCUT2D eigenvalue weighted by molar-refractivity contribution is 5.94. The Morgan fingerprint density at radius 3 is 2.35 bits per heavy atom. The van der Waals surface area contributed by atoms with Crippen LogP contribution in [0.2, 0.25) is 0 Å². The summed E-state index contributed by atoms with van der Waals surface area (Å²) in [6.07, 6.45) is 0.847. The molecule has 2 aromatic carbocycles. The monoisotopic (exact) mass is 318 g/mol. The summed E-state index contributed by atoms with van der Waals surface area (Å²) in [5.74, 6) is -2.80. The van der Waals surface area contributed by atoms with Gasteiger partial charge in [0.05, 0.1) is 6.54 Å². The summed E-state index contributed by atoms with van der Waals surface area (Å²) in [7, 11) is 0. The van der Waals surface area contributed by atoms with Crippen LogP contribution in [-0.4, -0.2) is 18.4 Å². The van der Waals surface area contributed by atoms with Crippen LogP contribution in [0.5, 0.6) is 0 Å². The van der Waals surface area contributed by atoms with Crippen molar-refractivity contribution in [1.82, 2.24) is 5.32 Å². The fourth-order valence-electron chi connectivity index (χ4n) is 1.95. The van der Waals surface area contributed by atoms with E-state index >= 15 is 0 Å². The van der Waals surface area contributed by atoms with Crippen LogP contribution in [-0.2, 0) is 16.0 Å². The van der Waals surface area contributed by atoms with Gasteiger partial charge in [-0.2, -0.15) is 0 Å². The molecular weight excluding hydrogens is 302 g/mol. The molecule has 2 aromatic rings. The SMILES string of the molecule is O=C(CCc1ccccc1)NCC(=O)Nc1ccc(F)c(F)c1. The predicted molar refractivity (Wildman–Crippen MR) is 82.8 cm³/mol. The molecule has 0 aliphatic rings. The van der Waals surface area contributed by atoms with E-state index in [-0.39, 0.29) is 24.6 Å². The number of carbonyl (C=O) groups is 2. The maximum absolute atomic E-state index is 13.0. The Balaban J connectivity index is 1.73. The van der Waals surface area contributed by atoms with Gasteiger partial charge in [-0.05, 0) is 24.1 Å². The number of hydrogen-bond donors (Lipinski definition) is 2. The van der Waals surface area contributed by atoms with Gasteiger partial charge in [0.25, 0.3) is 0 Å². The van der Waals surface area contributed by atoms with Crippen molar-refractivity contribution in [2.24, 2.45) is 0 Å². The van der Waals surface area contributed by atoms with Crippen LogP contribution in [0.3, 0.4) is 0 Å². The molecule has 0 heterocycles. The summed E-state index contributed by atoms with van der Waals surface area (Å²) < 4.78 is 25.8. The summed E-state index contributed by atoms with van der Waals surface area (Å²) in [5.41, 5.74) is 1.17. The lowest BCUT2D eigenvalue weighted by atomic mass is 10.1. The Hall–Kier alpha value is -2.76. The molecule has 0 saturated carbocycles. The number of halogens is 2. The lowest BCUT2D eigenvalue weighted by molar-refractivity contribution is -0.124. The molecular formula is C17H16F2N2O2. The summed E-state index contributed by atoms with van der Waals surface area (Å²) in [6, 6.07) is 12.6. The zero-order valence-corrected chi connectivity index (χ0v) is 12.3. The third kappa shape index (κ3) is 5.50. The summed E-state index contributed by atoms with van der Waals surface area (Å²) in [5, 5.41) is 4.86. The molecule has 23 heavy (non-hydrogen) atoms. The summed E-state index contributed by atoms with van der Waals surface area (Å²) in [6.45, 7) is -0.230. The van der Waals surface area contributed by atoms with Crippen molar-refractivity contribution >= 4 is 17.5 Å². The molecule has 0 fully saturated rings. The number of benzene rings is 2. The fourth-order valence-corrected chi connectivity index (χ4v) is 1.95. The predicted octanol–water partition coefficient (Wildman–Crippen LogP) is 2.65. The number of rotatable bonds is 6. The van der Waals surface area contributed by atoms with E-state index in [2.05, 4.69) is 10.6 Å². The minimum absolute atomic E-state index is 0.132. The van der Waals surface area contributed by atoms with Gasteiger partial charge in [-0.3, -0.25) is 9.59 Å². The van der Waals surface area contributed by atoms with Crippen molar-refractivity contribution in [3.63, 3.8) is 0 Å². The summed E-state index contributed by atoms with van der Waals surface area (Å²) in [4.78, 5) is 23.3. The molecule has 2 amide bonds. The molecule has 2 rings (SSSR count). The minimum atomic E-state index is -1.05. The van der Waals surface area contributed by atoms with Crippen molar-refractivity contribution in [1.29, 1.82) is 0 Å². The second kappa shape index (κ2) is 8.03. The number of aryl methyl sites for hydroxylation is 1. The van der Waals surface area contributed by atoms with Crippen LogP contribution < -0.4 is 10.6 Å². The largest absolute Gasteiger partial charge is 0.347 e. The number of nitrogens with one attached hydrogen (secondary N) is 2. The summed E-state index contributed by atoms with van der Waals surface area (Å²) >= 11 is 0. The maximum atomic E-state index is 13.0. The van der Waals surface area contributed by atoms with Crippen LogP contribution in [0.25, 0.3) is 0 Å². The fraction of sp³-hybridized carbons (Fsp3) is 0.176. The van der Waals surface area contributed by atoms with Gasteiger partial charge in [0.1, 0.15) is 0 Å². The molecule has 0 unspecified atom stereocenters. The molecule has 0 aromatic heterocycles. The molecule has 0 bridgehead atoms. The number of carbonyl (C=O) groups excluding carboxylic acids is 2. The Morgan fingerprint density at radius 1 is 0.913 bits per heavy atom. The quantitative estimate of drug-likeness (QED) is 0.860. The van der Waals surface area contributed by atoms with Gasteiger partial charge in [0, 0.05) is 18.2 Å². The normalized spacial score (nSPS) is 10.2. The Morgan fingerprint density at radius 2 is 1.65 bits per heavy atom. The first-order valence-corrected chi connectivity index (χ1v) is 7.10. The molecule has 0 spiro atoms. The highest BCUT2D eigenvalue weighted by Gasteiger charge is 2.08. The van der Waals surface area contributed by atoms with E-state index in [1.165, 1.54) is 6.07 Å². The maximum Gasteiger partial charge on any atom is 0.243 e. The minimum Gasteiger partial charge on any atom is -0.347 e. The van der Waals surface area contributed by atoms with Gasteiger partial charge in [0.2, 0.25) is 11.8 Å². The number of amides is 2. The Bertz CT molecular complexity index is 690. The lowest BCUT2D eigenvalue weighted by Gasteiger charge is -2.07. The van der Waals surface area contributed by atoms with Gasteiger partial charge < -0.3 is 10.6 Å². The van der Waals surface area contributed by atoms with Gasteiger partial charge in [-0.1, -0.05) is 30.3 Å². The van der Waals surface area contributed by atoms with E-state index in [4.69, 9.17) is 0 Å². The first-order valence-electron chi connectivity index (χ1n) is 7.10. The van der Waals surface area contributed by atoms with Gasteiger partial charge in [-0.15, -0.1) is 0 Å². The van der Waals surface area contributed by atoms with Gasteiger partial charge >= 0.3 is 0 Å². The third-order valence-electron chi connectivity index (χ3n) is 3.13. The highest BCUT2D eigenvalue weighted by atomic mass is 19.2. The van der Waals surface area contributed by atoms with Crippen LogP contribution in [0.1, 0.15) is 12.0 Å². The molecule has 6 heteroatoms. The molecule has 0 aliphatic heterocycles. The Kier molecular flexibility index (Phi) is 5.80. The van der Waals surface area contributed by atoms with Crippen molar-refractivity contribution in [2.75, 3.05) is 11.9 Å². The van der Waals surface area contributed by atoms with Crippen LogP contribution in [0.15, 0.2) is 48.5 Å². The lowest BCUT2D eigenvalue weighted by Crippen LogP contribution is -2.33. The average molecular weight is 318 g/mol. The molecule has 4 nitrogen and oxygen atoms in total. The smallest absolute Gasteiger partial charge is 0.243 e. The molecule has 2 N–H and O–H groups in total. The van der Waals surface area contributed by atoms with Gasteiger partial charge in [0.15, 0.2) is 11.6 Å². The zero-order chi connectivity index (χ0) is 16.7. The molecule has 0 atom stereocenters. The standard InChI is InChI=1S/C17H16F2N2O2/c18-14-8-7-13(10-15(14)19)21-17(23)11-20-16(22)9-6-12-4-2-1-3-5-12/h1-5,7-8,10H,6,9,11H2,(H,20,22)(H,21,23). The average Bonchev–Trinajstić information content (AvgIpc) is 2.55. The third-order valence-corrected chi connectivity index (χ3v) is 3.13. The van der Waals surface area contributed by atoms with Crippen molar-refractivity contribution < 1.29 is 18.4 Å². The molecule has 0 aliphatic carbocycles. The Labute approximate surface area is 132 Å². The van der Waals surface area contributed by atoms with E-state index in [0.717, 1.165) is 17.7 Å². The first-order chi connectivity index (χ1) is 11.0. The van der Waals surface area contributed by atoms with E-state index in [1.807, 2.05) is 30.3 Å². The second-order valence-electron chi connectivity index (χ2n) is 4.94.